The molecule has 0 aromatic carbocycles. The summed E-state index contributed by atoms with van der Waals surface area (Å²) >= 11 is 0. The molecule has 0 aliphatic carbocycles. The molecule has 0 aromatic heterocycles. The van der Waals surface area contributed by atoms with Crippen molar-refractivity contribution in [2.24, 2.45) is 0 Å². The van der Waals surface area contributed by atoms with Crippen LogP contribution in [0.2, 0.25) is 0 Å². The third-order valence-electron chi connectivity index (χ3n) is 8.34. The molecule has 0 saturated heterocycles. The van der Waals surface area contributed by atoms with Crippen LogP contribution in [0.1, 0.15) is 155 Å². The molecule has 1 unspecified atom stereocenters. The summed E-state index contributed by atoms with van der Waals surface area (Å²) in [5, 5.41) is 18.3. The van der Waals surface area contributed by atoms with Crippen LogP contribution in [-0.2, 0) is 32.7 Å². The van der Waals surface area contributed by atoms with Gasteiger partial charge in [-0.2, -0.15) is 0 Å². The van der Waals surface area contributed by atoms with Gasteiger partial charge in [-0.15, -0.1) is 0 Å². The van der Waals surface area contributed by atoms with E-state index in [1.54, 1.807) is 0 Å². The van der Waals surface area contributed by atoms with Crippen molar-refractivity contribution in [1.29, 1.82) is 0 Å². The Balaban J connectivity index is 4.40. The Kier molecular flexibility index (Phi) is 37.8. The molecule has 0 aliphatic rings. The van der Waals surface area contributed by atoms with Crippen LogP contribution in [0.15, 0.2) is 72.9 Å². The largest absolute Gasteiger partial charge is 0.472 e. The van der Waals surface area contributed by atoms with E-state index in [4.69, 9.17) is 19.1 Å². The Morgan fingerprint density at radius 3 is 1.51 bits per heavy atom. The highest BCUT2D eigenvalue weighted by Gasteiger charge is 2.27. The van der Waals surface area contributed by atoms with Crippen molar-refractivity contribution in [2.45, 2.75) is 167 Å². The zero-order chi connectivity index (χ0) is 40.5. The van der Waals surface area contributed by atoms with Gasteiger partial charge in [0.25, 0.3) is 0 Å². The third kappa shape index (κ3) is 39.4. The Morgan fingerprint density at radius 2 is 1.00 bits per heavy atom. The summed E-state index contributed by atoms with van der Waals surface area (Å²) in [6.45, 7) is 2.17. The zero-order valence-electron chi connectivity index (χ0n) is 34.1. The standard InChI is InChI=1S/C44H75O10P/c1-3-5-7-9-11-13-15-17-19-20-22-23-25-27-29-31-33-35-43(47)51-39-42(40-53-55(49,50)52-38-41(46)37-45)54-44(48)36-34-32-30-28-26-24-21-18-16-14-12-10-8-6-4-2/h5,7,11-14,17-19,21-23,41-42,45-46H,3-4,6,8-10,15-16,20,24-40H2,1-2H3,(H,49,50)/b7-5-,13-11-,14-12-,19-17-,21-18-,23-22-/t41-,42+/m0/s1. The maximum atomic E-state index is 12.6. The van der Waals surface area contributed by atoms with E-state index in [0.29, 0.717) is 12.8 Å². The van der Waals surface area contributed by atoms with Crippen molar-refractivity contribution >= 4 is 19.8 Å². The van der Waals surface area contributed by atoms with Gasteiger partial charge in [0.05, 0.1) is 19.8 Å². The fraction of sp³-hybridized carbons (Fsp3) is 0.682. The predicted molar refractivity (Wildman–Crippen MR) is 223 cm³/mol. The predicted octanol–water partition coefficient (Wildman–Crippen LogP) is 10.9. The molecule has 0 heterocycles. The molecule has 55 heavy (non-hydrogen) atoms. The minimum Gasteiger partial charge on any atom is -0.462 e. The topological polar surface area (TPSA) is 149 Å². The first kappa shape index (κ1) is 52.4. The minimum atomic E-state index is -4.63. The Hall–Kier alpha value is -2.59. The maximum Gasteiger partial charge on any atom is 0.472 e. The fourth-order valence-electron chi connectivity index (χ4n) is 5.13. The molecule has 0 aromatic rings. The average Bonchev–Trinajstić information content (AvgIpc) is 3.17. The molecule has 0 aliphatic heterocycles. The first-order valence-corrected chi connectivity index (χ1v) is 22.4. The lowest BCUT2D eigenvalue weighted by molar-refractivity contribution is -0.161. The van der Waals surface area contributed by atoms with Crippen LogP contribution in [-0.4, -0.2) is 65.7 Å². The van der Waals surface area contributed by atoms with Gasteiger partial charge in [0.1, 0.15) is 12.7 Å². The van der Waals surface area contributed by atoms with Gasteiger partial charge in [-0.25, -0.2) is 4.57 Å². The summed E-state index contributed by atoms with van der Waals surface area (Å²) in [5.41, 5.74) is 0. The lowest BCUT2D eigenvalue weighted by Crippen LogP contribution is -2.29. The van der Waals surface area contributed by atoms with Crippen LogP contribution >= 0.6 is 7.82 Å². The number of ether oxygens (including phenoxy) is 2. The van der Waals surface area contributed by atoms with Crippen LogP contribution in [0.25, 0.3) is 0 Å². The van der Waals surface area contributed by atoms with Crippen LogP contribution in [0.5, 0.6) is 0 Å². The van der Waals surface area contributed by atoms with E-state index in [1.807, 2.05) is 0 Å². The van der Waals surface area contributed by atoms with E-state index in [-0.39, 0.29) is 19.4 Å². The quantitative estimate of drug-likeness (QED) is 0.0239. The second-order valence-corrected chi connectivity index (χ2v) is 15.1. The number of carbonyl (C=O) groups is 2. The number of carbonyl (C=O) groups excluding carboxylic acids is 2. The second-order valence-electron chi connectivity index (χ2n) is 13.6. The number of phosphoric ester groups is 1. The first-order chi connectivity index (χ1) is 26.7. The number of aliphatic hydroxyl groups excluding tert-OH is 2. The summed E-state index contributed by atoms with van der Waals surface area (Å²) < 4.78 is 32.6. The number of aliphatic hydroxyl groups is 2. The molecule has 0 spiro atoms. The number of unbranched alkanes of at least 4 members (excludes halogenated alkanes) is 12. The Morgan fingerprint density at radius 1 is 0.564 bits per heavy atom. The third-order valence-corrected chi connectivity index (χ3v) is 9.30. The molecule has 0 amide bonds. The van der Waals surface area contributed by atoms with E-state index >= 15 is 0 Å². The molecule has 0 rings (SSSR count). The van der Waals surface area contributed by atoms with Crippen molar-refractivity contribution in [3.05, 3.63) is 72.9 Å². The summed E-state index contributed by atoms with van der Waals surface area (Å²) in [6, 6.07) is 0. The summed E-state index contributed by atoms with van der Waals surface area (Å²) in [5.74, 6) is -0.976. The van der Waals surface area contributed by atoms with Gasteiger partial charge in [0.2, 0.25) is 0 Å². The van der Waals surface area contributed by atoms with Crippen LogP contribution < -0.4 is 0 Å². The highest BCUT2D eigenvalue weighted by molar-refractivity contribution is 7.47. The molecule has 0 saturated carbocycles. The van der Waals surface area contributed by atoms with E-state index in [1.165, 1.54) is 19.3 Å². The molecule has 3 atom stereocenters. The molecule has 0 radical (unpaired) electrons. The van der Waals surface area contributed by atoms with Crippen molar-refractivity contribution in [1.82, 2.24) is 0 Å². The molecular weight excluding hydrogens is 719 g/mol. The maximum absolute atomic E-state index is 12.6. The first-order valence-electron chi connectivity index (χ1n) is 20.9. The van der Waals surface area contributed by atoms with Gasteiger partial charge >= 0.3 is 19.8 Å². The van der Waals surface area contributed by atoms with Crippen molar-refractivity contribution in [3.8, 4) is 0 Å². The minimum absolute atomic E-state index is 0.159. The lowest BCUT2D eigenvalue weighted by atomic mass is 10.1. The lowest BCUT2D eigenvalue weighted by Gasteiger charge is -2.20. The summed E-state index contributed by atoms with van der Waals surface area (Å²) in [4.78, 5) is 34.9. The van der Waals surface area contributed by atoms with Gasteiger partial charge in [0.15, 0.2) is 6.10 Å². The van der Waals surface area contributed by atoms with Gasteiger partial charge < -0.3 is 24.6 Å². The normalized spacial score (nSPS) is 14.6. The highest BCUT2D eigenvalue weighted by Crippen LogP contribution is 2.43. The summed E-state index contributed by atoms with van der Waals surface area (Å²) in [7, 11) is -4.63. The van der Waals surface area contributed by atoms with Gasteiger partial charge in [0, 0.05) is 12.8 Å². The molecular formula is C44H75O10P. The summed E-state index contributed by atoms with van der Waals surface area (Å²) in [6.07, 6.45) is 44.3. The SMILES string of the molecule is CC/C=C\C/C=C\C/C=C\C/C=C\CCCCCCC(=O)OC[C@H](COP(=O)(O)OC[C@@H](O)CO)OC(=O)CCCCCCC/C=C\C/C=C\CCCCC. The molecule has 11 heteroatoms. The Labute approximate surface area is 333 Å². The number of phosphoric acid groups is 1. The van der Waals surface area contributed by atoms with Gasteiger partial charge in [-0.1, -0.05) is 132 Å². The number of rotatable bonds is 38. The van der Waals surface area contributed by atoms with Crippen molar-refractivity contribution in [3.63, 3.8) is 0 Å². The van der Waals surface area contributed by atoms with Crippen LogP contribution in [0.4, 0.5) is 0 Å². The van der Waals surface area contributed by atoms with E-state index in [9.17, 15) is 24.2 Å². The van der Waals surface area contributed by atoms with E-state index in [0.717, 1.165) is 96.3 Å². The van der Waals surface area contributed by atoms with Crippen LogP contribution in [0, 0.1) is 0 Å². The van der Waals surface area contributed by atoms with Gasteiger partial charge in [-0.3, -0.25) is 18.6 Å². The van der Waals surface area contributed by atoms with Crippen molar-refractivity contribution in [2.75, 3.05) is 26.4 Å². The number of hydrogen-bond acceptors (Lipinski definition) is 9. The number of esters is 2. The van der Waals surface area contributed by atoms with E-state index < -0.39 is 51.8 Å². The molecule has 0 bridgehead atoms. The number of hydrogen-bond donors (Lipinski definition) is 3. The molecule has 3 N–H and O–H groups in total. The molecule has 10 nitrogen and oxygen atoms in total. The Bertz CT molecular complexity index is 1140. The van der Waals surface area contributed by atoms with E-state index in [2.05, 4.69) is 91.3 Å². The smallest absolute Gasteiger partial charge is 0.462 e. The molecule has 316 valence electrons. The van der Waals surface area contributed by atoms with Crippen LogP contribution in [0.3, 0.4) is 0 Å². The van der Waals surface area contributed by atoms with Crippen molar-refractivity contribution < 1.29 is 47.8 Å². The monoisotopic (exact) mass is 795 g/mol. The highest BCUT2D eigenvalue weighted by atomic mass is 31.2. The fourth-order valence-corrected chi connectivity index (χ4v) is 5.92. The number of allylic oxidation sites excluding steroid dienone is 12. The van der Waals surface area contributed by atoms with Gasteiger partial charge in [-0.05, 0) is 83.5 Å². The average molecular weight is 795 g/mol. The second kappa shape index (κ2) is 39.6. The zero-order valence-corrected chi connectivity index (χ0v) is 35.0. The molecule has 0 fully saturated rings.